The van der Waals surface area contributed by atoms with E-state index in [4.69, 9.17) is 4.74 Å². The van der Waals surface area contributed by atoms with E-state index in [0.29, 0.717) is 16.9 Å². The normalized spacial score (nSPS) is 24.8. The van der Waals surface area contributed by atoms with Crippen LogP contribution in [0.15, 0.2) is 29.2 Å². The zero-order chi connectivity index (χ0) is 13.2. The van der Waals surface area contributed by atoms with E-state index in [9.17, 15) is 8.42 Å². The zero-order valence-corrected chi connectivity index (χ0v) is 11.5. The number of sulfone groups is 1. The second-order valence-electron chi connectivity index (χ2n) is 4.89. The molecule has 1 aliphatic heterocycles. The molecule has 18 heavy (non-hydrogen) atoms. The van der Waals surface area contributed by atoms with Crippen molar-refractivity contribution in [1.82, 2.24) is 0 Å². The molecule has 100 valence electrons. The molecule has 2 atom stereocenters. The topological polar surface area (TPSA) is 55.4 Å². The smallest absolute Gasteiger partial charge is 0.175 e. The number of anilines is 1. The summed E-state index contributed by atoms with van der Waals surface area (Å²) in [5, 5.41) is 3.40. The lowest BCUT2D eigenvalue weighted by Crippen LogP contribution is -2.35. The van der Waals surface area contributed by atoms with Crippen molar-refractivity contribution in [2.45, 2.75) is 24.3 Å². The van der Waals surface area contributed by atoms with Crippen LogP contribution in [0.3, 0.4) is 0 Å². The third-order valence-electron chi connectivity index (χ3n) is 3.26. The Labute approximate surface area is 108 Å². The first kappa shape index (κ1) is 13.4. The molecule has 1 aromatic carbocycles. The van der Waals surface area contributed by atoms with Crippen LogP contribution in [-0.2, 0) is 14.6 Å². The van der Waals surface area contributed by atoms with E-state index < -0.39 is 9.84 Å². The third-order valence-corrected chi connectivity index (χ3v) is 4.37. The van der Waals surface area contributed by atoms with E-state index in [1.54, 1.807) is 18.2 Å². The average Bonchev–Trinajstić information content (AvgIpc) is 2.31. The summed E-state index contributed by atoms with van der Waals surface area (Å²) in [6.07, 6.45) is 2.17. The van der Waals surface area contributed by atoms with Gasteiger partial charge in [0.25, 0.3) is 0 Å². The van der Waals surface area contributed by atoms with E-state index in [1.807, 2.05) is 6.07 Å². The molecule has 1 N–H and O–H groups in total. The summed E-state index contributed by atoms with van der Waals surface area (Å²) in [5.41, 5.74) is 0.858. The summed E-state index contributed by atoms with van der Waals surface area (Å²) < 4.78 is 28.4. The van der Waals surface area contributed by atoms with Gasteiger partial charge in [-0.15, -0.1) is 0 Å². The summed E-state index contributed by atoms with van der Waals surface area (Å²) in [7, 11) is -3.14. The van der Waals surface area contributed by atoms with Crippen molar-refractivity contribution in [3.8, 4) is 0 Å². The van der Waals surface area contributed by atoms with Gasteiger partial charge in [0.05, 0.1) is 11.5 Å². The Kier molecular flexibility index (Phi) is 3.92. The number of hydrogen-bond acceptors (Lipinski definition) is 4. The van der Waals surface area contributed by atoms with Gasteiger partial charge in [-0.1, -0.05) is 13.0 Å². The SMILES string of the molecule is CC1COCCC1Nc1cccc(S(C)(=O)=O)c1. The Balaban J connectivity index is 2.14. The Bertz CT molecular complexity index is 513. The lowest BCUT2D eigenvalue weighted by atomic mass is 9.97. The summed E-state index contributed by atoms with van der Waals surface area (Å²) in [5.74, 6) is 0.431. The number of nitrogens with one attached hydrogen (secondary N) is 1. The third kappa shape index (κ3) is 3.23. The van der Waals surface area contributed by atoms with Gasteiger partial charge in [0.2, 0.25) is 0 Å². The van der Waals surface area contributed by atoms with Crippen molar-refractivity contribution in [2.24, 2.45) is 5.92 Å². The highest BCUT2D eigenvalue weighted by atomic mass is 32.2. The molecule has 0 aliphatic carbocycles. The molecule has 1 aliphatic rings. The lowest BCUT2D eigenvalue weighted by Gasteiger charge is -2.30. The molecule has 1 aromatic rings. The molecule has 0 amide bonds. The van der Waals surface area contributed by atoms with Gasteiger partial charge in [-0.05, 0) is 30.5 Å². The van der Waals surface area contributed by atoms with Gasteiger partial charge in [0, 0.05) is 24.6 Å². The standard InChI is InChI=1S/C13H19NO3S/c1-10-9-17-7-6-13(10)14-11-4-3-5-12(8-11)18(2,15)16/h3-5,8,10,13-14H,6-7,9H2,1-2H3. The van der Waals surface area contributed by atoms with Crippen molar-refractivity contribution in [3.05, 3.63) is 24.3 Å². The van der Waals surface area contributed by atoms with E-state index in [0.717, 1.165) is 25.3 Å². The molecule has 4 nitrogen and oxygen atoms in total. The molecular weight excluding hydrogens is 250 g/mol. The minimum absolute atomic E-state index is 0.341. The van der Waals surface area contributed by atoms with Crippen LogP contribution in [0.4, 0.5) is 5.69 Å². The van der Waals surface area contributed by atoms with Crippen LogP contribution in [0, 0.1) is 5.92 Å². The molecule has 0 radical (unpaired) electrons. The van der Waals surface area contributed by atoms with Crippen molar-refractivity contribution in [2.75, 3.05) is 24.8 Å². The fraction of sp³-hybridized carbons (Fsp3) is 0.538. The molecule has 2 unspecified atom stereocenters. The Hall–Kier alpha value is -1.07. The van der Waals surface area contributed by atoms with Gasteiger partial charge in [0.15, 0.2) is 9.84 Å². The zero-order valence-electron chi connectivity index (χ0n) is 10.7. The maximum atomic E-state index is 11.5. The maximum absolute atomic E-state index is 11.5. The maximum Gasteiger partial charge on any atom is 0.175 e. The van der Waals surface area contributed by atoms with E-state index in [2.05, 4.69) is 12.2 Å². The van der Waals surface area contributed by atoms with Crippen LogP contribution in [0.2, 0.25) is 0 Å². The molecule has 0 spiro atoms. The first-order chi connectivity index (χ1) is 8.47. The average molecular weight is 269 g/mol. The second kappa shape index (κ2) is 5.28. The number of ether oxygens (including phenoxy) is 1. The summed E-state index contributed by atoms with van der Waals surface area (Å²) in [4.78, 5) is 0.354. The number of hydrogen-bond donors (Lipinski definition) is 1. The Morgan fingerprint density at radius 3 is 2.83 bits per heavy atom. The lowest BCUT2D eigenvalue weighted by molar-refractivity contribution is 0.0537. The van der Waals surface area contributed by atoms with Gasteiger partial charge >= 0.3 is 0 Å². The van der Waals surface area contributed by atoms with Gasteiger partial charge in [0.1, 0.15) is 0 Å². The molecule has 0 bridgehead atoms. The monoisotopic (exact) mass is 269 g/mol. The largest absolute Gasteiger partial charge is 0.382 e. The van der Waals surface area contributed by atoms with Crippen molar-refractivity contribution >= 4 is 15.5 Å². The summed E-state index contributed by atoms with van der Waals surface area (Å²) in [6, 6.07) is 7.32. The molecule has 1 heterocycles. The first-order valence-electron chi connectivity index (χ1n) is 6.11. The van der Waals surface area contributed by atoms with Crippen molar-refractivity contribution in [3.63, 3.8) is 0 Å². The van der Waals surface area contributed by atoms with Crippen LogP contribution in [0.25, 0.3) is 0 Å². The molecule has 0 aromatic heterocycles. The predicted octanol–water partition coefficient (Wildman–Crippen LogP) is 1.93. The molecule has 2 rings (SSSR count). The molecule has 1 fully saturated rings. The Morgan fingerprint density at radius 2 is 2.17 bits per heavy atom. The van der Waals surface area contributed by atoms with E-state index >= 15 is 0 Å². The van der Waals surface area contributed by atoms with E-state index in [-0.39, 0.29) is 0 Å². The van der Waals surface area contributed by atoms with Crippen LogP contribution >= 0.6 is 0 Å². The highest BCUT2D eigenvalue weighted by molar-refractivity contribution is 7.90. The predicted molar refractivity (Wildman–Crippen MR) is 71.6 cm³/mol. The molecular formula is C13H19NO3S. The fourth-order valence-electron chi connectivity index (χ4n) is 2.13. The quantitative estimate of drug-likeness (QED) is 0.911. The van der Waals surface area contributed by atoms with Gasteiger partial charge in [-0.3, -0.25) is 0 Å². The second-order valence-corrected chi connectivity index (χ2v) is 6.91. The van der Waals surface area contributed by atoms with Gasteiger partial charge in [-0.2, -0.15) is 0 Å². The molecule has 0 saturated carbocycles. The number of rotatable bonds is 3. The first-order valence-corrected chi connectivity index (χ1v) is 8.00. The highest BCUT2D eigenvalue weighted by Gasteiger charge is 2.21. The van der Waals surface area contributed by atoms with Crippen molar-refractivity contribution in [1.29, 1.82) is 0 Å². The minimum Gasteiger partial charge on any atom is -0.382 e. The highest BCUT2D eigenvalue weighted by Crippen LogP contribution is 2.21. The van der Waals surface area contributed by atoms with E-state index in [1.165, 1.54) is 6.26 Å². The van der Waals surface area contributed by atoms with Crippen LogP contribution in [0.1, 0.15) is 13.3 Å². The van der Waals surface area contributed by atoms with Crippen molar-refractivity contribution < 1.29 is 13.2 Å². The summed E-state index contributed by atoms with van der Waals surface area (Å²) in [6.45, 7) is 3.65. The Morgan fingerprint density at radius 1 is 1.39 bits per heavy atom. The van der Waals surface area contributed by atoms with Gasteiger partial charge < -0.3 is 10.1 Å². The summed E-state index contributed by atoms with van der Waals surface area (Å²) >= 11 is 0. The molecule has 1 saturated heterocycles. The van der Waals surface area contributed by atoms with Crippen LogP contribution < -0.4 is 5.32 Å². The fourth-order valence-corrected chi connectivity index (χ4v) is 2.79. The van der Waals surface area contributed by atoms with Crippen LogP contribution in [-0.4, -0.2) is 33.9 Å². The minimum atomic E-state index is -3.14. The van der Waals surface area contributed by atoms with Gasteiger partial charge in [-0.25, -0.2) is 8.42 Å². The number of benzene rings is 1. The van der Waals surface area contributed by atoms with Crippen LogP contribution in [0.5, 0.6) is 0 Å². The molecule has 5 heteroatoms.